The number of hydrogen-bond donors (Lipinski definition) is 2. The minimum absolute atomic E-state index is 0. The molecule has 26 heavy (non-hydrogen) atoms. The van der Waals surface area contributed by atoms with Gasteiger partial charge in [0.2, 0.25) is 0 Å². The average Bonchev–Trinajstić information content (AvgIpc) is 2.99. The summed E-state index contributed by atoms with van der Waals surface area (Å²) in [5.41, 5.74) is 0. The molecule has 0 radical (unpaired) electrons. The van der Waals surface area contributed by atoms with Gasteiger partial charge in [-0.05, 0) is 39.0 Å². The summed E-state index contributed by atoms with van der Waals surface area (Å²) >= 11 is 0. The Morgan fingerprint density at radius 1 is 1.08 bits per heavy atom. The van der Waals surface area contributed by atoms with Crippen LogP contribution in [-0.4, -0.2) is 56.8 Å². The van der Waals surface area contributed by atoms with E-state index < -0.39 is 0 Å². The summed E-state index contributed by atoms with van der Waals surface area (Å²) in [5.74, 6) is 2.80. The maximum Gasteiger partial charge on any atom is 0.192 e. The first-order valence-electron chi connectivity index (χ1n) is 9.85. The Hall–Kier alpha value is -0.900. The smallest absolute Gasteiger partial charge is 0.192 e. The zero-order valence-corrected chi connectivity index (χ0v) is 18.3. The Bertz CT molecular complexity index is 619. The number of nitrogens with one attached hydrogen (secondary N) is 2. The molecule has 2 N–H and O–H groups in total. The van der Waals surface area contributed by atoms with Crippen molar-refractivity contribution in [3.05, 3.63) is 11.6 Å². The first-order valence-corrected chi connectivity index (χ1v) is 9.85. The molecule has 0 spiro atoms. The van der Waals surface area contributed by atoms with E-state index in [9.17, 15) is 0 Å². The molecule has 2 heterocycles. The molecule has 1 atom stereocenters. The molecule has 146 valence electrons. The number of likely N-dealkylation sites (tertiary alicyclic amines) is 1. The lowest BCUT2D eigenvalue weighted by Crippen LogP contribution is -2.47. The molecular weight excluding hydrogens is 441 g/mol. The van der Waals surface area contributed by atoms with Crippen LogP contribution < -0.4 is 10.6 Å². The molecule has 0 aromatic carbocycles. The fraction of sp³-hybridized carbons (Fsp3) is 0.833. The minimum atomic E-state index is 0. The Morgan fingerprint density at radius 3 is 2.46 bits per heavy atom. The van der Waals surface area contributed by atoms with E-state index in [0.717, 1.165) is 30.2 Å². The second-order valence-electron chi connectivity index (χ2n) is 7.87. The lowest BCUT2D eigenvalue weighted by Gasteiger charge is -2.21. The third kappa shape index (κ3) is 4.88. The molecule has 7 nitrogen and oxygen atoms in total. The van der Waals surface area contributed by atoms with Gasteiger partial charge in [0.15, 0.2) is 11.8 Å². The van der Waals surface area contributed by atoms with E-state index in [0.29, 0.717) is 18.6 Å². The van der Waals surface area contributed by atoms with Crippen LogP contribution in [0.2, 0.25) is 0 Å². The fourth-order valence-corrected chi connectivity index (χ4v) is 4.00. The predicted octanol–water partition coefficient (Wildman–Crippen LogP) is 1.96. The van der Waals surface area contributed by atoms with Crippen molar-refractivity contribution in [1.82, 2.24) is 30.3 Å². The van der Waals surface area contributed by atoms with Crippen molar-refractivity contribution in [3.63, 3.8) is 0 Å². The van der Waals surface area contributed by atoms with Crippen LogP contribution in [0.15, 0.2) is 4.99 Å². The molecule has 2 aliphatic carbocycles. The van der Waals surface area contributed by atoms with Crippen molar-refractivity contribution in [2.75, 3.05) is 13.1 Å². The van der Waals surface area contributed by atoms with Crippen LogP contribution in [0.3, 0.4) is 0 Å². The molecule has 3 fully saturated rings. The monoisotopic (exact) mass is 473 g/mol. The number of aromatic nitrogens is 3. The van der Waals surface area contributed by atoms with Crippen LogP contribution in [0, 0.1) is 6.92 Å². The summed E-state index contributed by atoms with van der Waals surface area (Å²) in [6, 6.07) is 1.93. The maximum absolute atomic E-state index is 4.83. The Morgan fingerprint density at radius 2 is 1.81 bits per heavy atom. The van der Waals surface area contributed by atoms with E-state index in [1.807, 2.05) is 18.5 Å². The van der Waals surface area contributed by atoms with Gasteiger partial charge in [-0.3, -0.25) is 4.90 Å². The van der Waals surface area contributed by atoms with Gasteiger partial charge in [0, 0.05) is 38.3 Å². The Balaban J connectivity index is 0.00000196. The molecule has 1 aromatic rings. The van der Waals surface area contributed by atoms with Crippen molar-refractivity contribution in [1.29, 1.82) is 0 Å². The molecule has 3 aliphatic rings. The topological polar surface area (TPSA) is 70.4 Å². The largest absolute Gasteiger partial charge is 0.354 e. The molecular formula is C18H32IN7. The van der Waals surface area contributed by atoms with Crippen LogP contribution in [0.5, 0.6) is 0 Å². The second kappa shape index (κ2) is 8.86. The highest BCUT2D eigenvalue weighted by atomic mass is 127. The number of aliphatic imine (C=N–C) groups is 1. The molecule has 0 amide bonds. The number of hydrogen-bond acceptors (Lipinski definition) is 4. The molecule has 1 aliphatic heterocycles. The van der Waals surface area contributed by atoms with E-state index in [1.165, 1.54) is 51.5 Å². The first kappa shape index (κ1) is 19.9. The maximum atomic E-state index is 4.83. The third-order valence-corrected chi connectivity index (χ3v) is 5.88. The number of nitrogens with zero attached hydrogens (tertiary/aromatic N) is 5. The molecule has 8 heteroatoms. The third-order valence-electron chi connectivity index (χ3n) is 5.88. The van der Waals surface area contributed by atoms with Crippen molar-refractivity contribution in [3.8, 4) is 0 Å². The highest BCUT2D eigenvalue weighted by Crippen LogP contribution is 2.29. The van der Waals surface area contributed by atoms with Gasteiger partial charge < -0.3 is 15.2 Å². The summed E-state index contributed by atoms with van der Waals surface area (Å²) in [7, 11) is 2.00. The van der Waals surface area contributed by atoms with Gasteiger partial charge in [0.25, 0.3) is 0 Å². The minimum Gasteiger partial charge on any atom is -0.354 e. The van der Waals surface area contributed by atoms with E-state index in [4.69, 9.17) is 4.99 Å². The van der Waals surface area contributed by atoms with Crippen LogP contribution in [0.25, 0.3) is 0 Å². The van der Waals surface area contributed by atoms with Crippen LogP contribution in [-0.2, 0) is 13.6 Å². The van der Waals surface area contributed by atoms with Gasteiger partial charge in [-0.1, -0.05) is 12.8 Å². The van der Waals surface area contributed by atoms with Crippen molar-refractivity contribution in [2.45, 2.75) is 76.5 Å². The number of aryl methyl sites for hydroxylation is 1. The predicted molar refractivity (Wildman–Crippen MR) is 114 cm³/mol. The lowest BCUT2D eigenvalue weighted by molar-refractivity contribution is 0.321. The van der Waals surface area contributed by atoms with Crippen molar-refractivity contribution >= 4 is 29.9 Å². The van der Waals surface area contributed by atoms with Gasteiger partial charge in [-0.25, -0.2) is 4.99 Å². The molecule has 1 aromatic heterocycles. The quantitative estimate of drug-likeness (QED) is 0.389. The van der Waals surface area contributed by atoms with Crippen molar-refractivity contribution in [2.24, 2.45) is 12.0 Å². The van der Waals surface area contributed by atoms with Crippen molar-refractivity contribution < 1.29 is 0 Å². The second-order valence-corrected chi connectivity index (χ2v) is 7.87. The summed E-state index contributed by atoms with van der Waals surface area (Å²) in [4.78, 5) is 7.47. The summed E-state index contributed by atoms with van der Waals surface area (Å²) in [6.45, 7) is 4.92. The van der Waals surface area contributed by atoms with Gasteiger partial charge in [-0.2, -0.15) is 0 Å². The standard InChI is InChI=1S/C18H31N7.HI/c1-13-22-23-17(24(13)2)11-19-18(20-14-5-3-4-6-14)21-15-9-10-25(12-15)16-7-8-16;/h14-16H,3-12H2,1-2H3,(H2,19,20,21);1H. The summed E-state index contributed by atoms with van der Waals surface area (Å²) < 4.78 is 2.01. The first-order chi connectivity index (χ1) is 12.2. The van der Waals surface area contributed by atoms with Crippen LogP contribution in [0.4, 0.5) is 0 Å². The molecule has 2 saturated carbocycles. The Labute approximate surface area is 173 Å². The van der Waals surface area contributed by atoms with Gasteiger partial charge in [0.05, 0.1) is 0 Å². The van der Waals surface area contributed by atoms with E-state index in [2.05, 4.69) is 25.7 Å². The normalized spacial score (nSPS) is 24.7. The van der Waals surface area contributed by atoms with Crippen LogP contribution in [0.1, 0.15) is 56.6 Å². The van der Waals surface area contributed by atoms with E-state index >= 15 is 0 Å². The fourth-order valence-electron chi connectivity index (χ4n) is 4.00. The molecule has 1 unspecified atom stereocenters. The zero-order valence-electron chi connectivity index (χ0n) is 15.9. The zero-order chi connectivity index (χ0) is 17.2. The molecule has 1 saturated heterocycles. The molecule has 4 rings (SSSR count). The van der Waals surface area contributed by atoms with Crippen LogP contribution >= 0.6 is 24.0 Å². The number of rotatable bonds is 5. The highest BCUT2D eigenvalue weighted by molar-refractivity contribution is 14.0. The number of guanidine groups is 1. The van der Waals surface area contributed by atoms with Gasteiger partial charge in [0.1, 0.15) is 12.4 Å². The lowest BCUT2D eigenvalue weighted by atomic mass is 10.2. The van der Waals surface area contributed by atoms with E-state index in [1.54, 1.807) is 0 Å². The Kier molecular flexibility index (Phi) is 6.76. The van der Waals surface area contributed by atoms with E-state index in [-0.39, 0.29) is 24.0 Å². The van der Waals surface area contributed by atoms with Gasteiger partial charge >= 0.3 is 0 Å². The average molecular weight is 473 g/mol. The summed E-state index contributed by atoms with van der Waals surface area (Å²) in [6.07, 6.45) is 9.15. The van der Waals surface area contributed by atoms with Gasteiger partial charge in [-0.15, -0.1) is 34.2 Å². The highest BCUT2D eigenvalue weighted by Gasteiger charge is 2.34. The number of halogens is 1. The SMILES string of the molecule is Cc1nnc(CN=C(NC2CCCC2)NC2CCN(C3CC3)C2)n1C.I. The summed E-state index contributed by atoms with van der Waals surface area (Å²) in [5, 5.41) is 15.7. The molecule has 0 bridgehead atoms.